The number of alkyl halides is 1. The number of nitrogens with zero attached hydrogens (tertiary/aromatic N) is 3. The predicted molar refractivity (Wildman–Crippen MR) is 115 cm³/mol. The van der Waals surface area contributed by atoms with E-state index in [-0.39, 0.29) is 11.7 Å². The summed E-state index contributed by atoms with van der Waals surface area (Å²) < 4.78 is 0. The van der Waals surface area contributed by atoms with E-state index < -0.39 is 4.92 Å². The molecule has 0 saturated heterocycles. The zero-order valence-electron chi connectivity index (χ0n) is 15.2. The first-order valence-corrected chi connectivity index (χ1v) is 10.2. The normalized spacial score (nSPS) is 16.3. The van der Waals surface area contributed by atoms with Crippen LogP contribution in [0.4, 0.5) is 11.4 Å². The van der Waals surface area contributed by atoms with Gasteiger partial charge in [0, 0.05) is 33.9 Å². The summed E-state index contributed by atoms with van der Waals surface area (Å²) in [6, 6.07) is 18.9. The van der Waals surface area contributed by atoms with Gasteiger partial charge in [-0.2, -0.15) is 5.10 Å². The molecule has 1 aliphatic rings. The van der Waals surface area contributed by atoms with Crippen LogP contribution in [0.3, 0.4) is 0 Å². The Kier molecular flexibility index (Phi) is 5.15. The third-order valence-corrected chi connectivity index (χ3v) is 6.26. The summed E-state index contributed by atoms with van der Waals surface area (Å²) in [7, 11) is 0. The highest BCUT2D eigenvalue weighted by atomic mass is 35.5. The minimum atomic E-state index is -0.391. The first kappa shape index (κ1) is 18.7. The molecule has 5 nitrogen and oxygen atoms in total. The smallest absolute Gasteiger partial charge is 0.258 e. The maximum Gasteiger partial charge on any atom is 0.269 e. The summed E-state index contributed by atoms with van der Waals surface area (Å²) >= 11 is 7.85. The van der Waals surface area contributed by atoms with E-state index in [0.717, 1.165) is 33.8 Å². The summed E-state index contributed by atoms with van der Waals surface area (Å²) in [5.41, 5.74) is 4.14. The number of non-ortho nitro benzene ring substituents is 1. The van der Waals surface area contributed by atoms with Gasteiger partial charge in [0.25, 0.3) is 5.69 Å². The second-order valence-corrected chi connectivity index (χ2v) is 8.23. The number of hydrazone groups is 1. The van der Waals surface area contributed by atoms with Crippen molar-refractivity contribution in [3.8, 4) is 0 Å². The summed E-state index contributed by atoms with van der Waals surface area (Å²) in [6.07, 6.45) is 0.751. The van der Waals surface area contributed by atoms with E-state index in [4.69, 9.17) is 16.7 Å². The van der Waals surface area contributed by atoms with Gasteiger partial charge in [-0.05, 0) is 30.7 Å². The molecule has 0 fully saturated rings. The van der Waals surface area contributed by atoms with Crippen LogP contribution in [-0.2, 0) is 5.88 Å². The molecule has 2 heterocycles. The molecule has 0 spiro atoms. The molecule has 2 aromatic carbocycles. The van der Waals surface area contributed by atoms with Crippen LogP contribution >= 0.6 is 22.9 Å². The Labute approximate surface area is 172 Å². The van der Waals surface area contributed by atoms with E-state index in [1.165, 1.54) is 17.0 Å². The van der Waals surface area contributed by atoms with Gasteiger partial charge in [0.05, 0.1) is 28.2 Å². The topological polar surface area (TPSA) is 58.7 Å². The Bertz CT molecular complexity index is 1030. The molecule has 0 aliphatic carbocycles. The van der Waals surface area contributed by atoms with Gasteiger partial charge in [-0.25, -0.2) is 0 Å². The van der Waals surface area contributed by atoms with Crippen LogP contribution in [0, 0.1) is 17.0 Å². The van der Waals surface area contributed by atoms with Crippen LogP contribution in [0.5, 0.6) is 0 Å². The maximum atomic E-state index is 11.0. The Morgan fingerprint density at radius 2 is 1.93 bits per heavy atom. The fourth-order valence-electron chi connectivity index (χ4n) is 3.48. The van der Waals surface area contributed by atoms with Crippen LogP contribution in [0.25, 0.3) is 0 Å². The lowest BCUT2D eigenvalue weighted by molar-refractivity contribution is -0.384. The largest absolute Gasteiger partial charge is 0.269 e. The van der Waals surface area contributed by atoms with Crippen molar-refractivity contribution in [3.63, 3.8) is 0 Å². The van der Waals surface area contributed by atoms with Crippen LogP contribution in [0.15, 0.2) is 65.8 Å². The number of nitro benzene ring substituents is 1. The highest BCUT2D eigenvalue weighted by Crippen LogP contribution is 2.39. The van der Waals surface area contributed by atoms with Crippen LogP contribution in [-0.4, -0.2) is 10.6 Å². The molecular weight excluding hydrogens is 394 g/mol. The highest BCUT2D eigenvalue weighted by molar-refractivity contribution is 7.12. The zero-order chi connectivity index (χ0) is 19.7. The third kappa shape index (κ3) is 3.53. The van der Waals surface area contributed by atoms with E-state index in [2.05, 4.69) is 25.1 Å². The number of halogens is 1. The fourth-order valence-corrected chi connectivity index (χ4v) is 4.69. The quantitative estimate of drug-likeness (QED) is 0.291. The number of hydrogen-bond donors (Lipinski definition) is 0. The number of benzene rings is 2. The van der Waals surface area contributed by atoms with Crippen molar-refractivity contribution in [2.75, 3.05) is 5.01 Å². The molecule has 0 N–H and O–H groups in total. The maximum absolute atomic E-state index is 11.0. The molecule has 0 bridgehead atoms. The predicted octanol–water partition coefficient (Wildman–Crippen LogP) is 6.06. The van der Waals surface area contributed by atoms with Gasteiger partial charge in [0.1, 0.15) is 0 Å². The van der Waals surface area contributed by atoms with Gasteiger partial charge in [0.15, 0.2) is 0 Å². The molecule has 3 aromatic rings. The van der Waals surface area contributed by atoms with Gasteiger partial charge in [-0.15, -0.1) is 22.9 Å². The molecule has 0 radical (unpaired) electrons. The van der Waals surface area contributed by atoms with Crippen LogP contribution in [0.2, 0.25) is 0 Å². The van der Waals surface area contributed by atoms with Gasteiger partial charge in [-0.1, -0.05) is 30.3 Å². The Hall–Kier alpha value is -2.70. The van der Waals surface area contributed by atoms with Crippen LogP contribution < -0.4 is 5.01 Å². The minimum absolute atomic E-state index is 0.0287. The first-order chi connectivity index (χ1) is 13.6. The number of thiophene rings is 1. The van der Waals surface area contributed by atoms with Crippen molar-refractivity contribution in [1.82, 2.24) is 0 Å². The average Bonchev–Trinajstić information content (AvgIpc) is 3.32. The second kappa shape index (κ2) is 7.73. The molecular formula is C21H18ClN3O2S. The Balaban J connectivity index is 1.76. The molecule has 1 aromatic heterocycles. The first-order valence-electron chi connectivity index (χ1n) is 8.88. The Morgan fingerprint density at radius 3 is 2.57 bits per heavy atom. The zero-order valence-corrected chi connectivity index (χ0v) is 16.8. The molecule has 7 heteroatoms. The molecule has 28 heavy (non-hydrogen) atoms. The molecule has 4 rings (SSSR count). The number of aryl methyl sites for hydroxylation is 1. The minimum Gasteiger partial charge on any atom is -0.258 e. The summed E-state index contributed by atoms with van der Waals surface area (Å²) in [5.74, 6) is 0.459. The van der Waals surface area contributed by atoms with Gasteiger partial charge < -0.3 is 0 Å². The monoisotopic (exact) mass is 411 g/mol. The number of nitro groups is 1. The van der Waals surface area contributed by atoms with E-state index in [1.54, 1.807) is 23.5 Å². The lowest BCUT2D eigenvalue weighted by Gasteiger charge is -2.23. The number of rotatable bonds is 5. The van der Waals surface area contributed by atoms with E-state index >= 15 is 0 Å². The van der Waals surface area contributed by atoms with E-state index in [0.29, 0.717) is 5.88 Å². The van der Waals surface area contributed by atoms with Gasteiger partial charge in [-0.3, -0.25) is 15.1 Å². The summed E-state index contributed by atoms with van der Waals surface area (Å²) in [6.45, 7) is 2.07. The molecule has 1 aliphatic heterocycles. The summed E-state index contributed by atoms with van der Waals surface area (Å²) in [4.78, 5) is 12.9. The lowest BCUT2D eigenvalue weighted by Crippen LogP contribution is -2.18. The van der Waals surface area contributed by atoms with Crippen molar-refractivity contribution in [1.29, 1.82) is 0 Å². The summed E-state index contributed by atoms with van der Waals surface area (Å²) in [5, 5.41) is 17.9. The van der Waals surface area contributed by atoms with Crippen molar-refractivity contribution >= 4 is 40.0 Å². The standard InChI is InChI=1S/C21H18ClN3O2S/c1-14-11-18(21(13-22)28-14)19-12-20(15-5-3-2-4-6-15)24(23-19)16-7-9-17(10-8-16)25(26)27/h2-11,20H,12-13H2,1H3/t20-/m1/s1. The molecule has 0 unspecified atom stereocenters. The number of anilines is 1. The average molecular weight is 412 g/mol. The SMILES string of the molecule is Cc1cc(C2=NN(c3ccc([N+](=O)[O-])cc3)[C@@H](c3ccccc3)C2)c(CCl)s1. The van der Waals surface area contributed by atoms with Gasteiger partial charge in [0.2, 0.25) is 0 Å². The molecule has 1 atom stereocenters. The van der Waals surface area contributed by atoms with Crippen molar-refractivity contribution in [2.45, 2.75) is 25.3 Å². The second-order valence-electron chi connectivity index (χ2n) is 6.62. The fraction of sp³-hybridized carbons (Fsp3) is 0.190. The van der Waals surface area contributed by atoms with Crippen molar-refractivity contribution in [3.05, 3.63) is 91.7 Å². The van der Waals surface area contributed by atoms with Crippen molar-refractivity contribution < 1.29 is 4.92 Å². The molecule has 0 amide bonds. The van der Waals surface area contributed by atoms with E-state index in [9.17, 15) is 10.1 Å². The lowest BCUT2D eigenvalue weighted by atomic mass is 9.98. The van der Waals surface area contributed by atoms with Crippen molar-refractivity contribution in [2.24, 2.45) is 5.10 Å². The Morgan fingerprint density at radius 1 is 1.21 bits per heavy atom. The van der Waals surface area contributed by atoms with Crippen LogP contribution in [0.1, 0.15) is 33.3 Å². The molecule has 142 valence electrons. The number of hydrogen-bond acceptors (Lipinski definition) is 5. The molecule has 0 saturated carbocycles. The van der Waals surface area contributed by atoms with E-state index in [1.807, 2.05) is 23.2 Å². The third-order valence-electron chi connectivity index (χ3n) is 4.78. The van der Waals surface area contributed by atoms with Gasteiger partial charge >= 0.3 is 0 Å². The highest BCUT2D eigenvalue weighted by Gasteiger charge is 2.31.